The zero-order valence-corrected chi connectivity index (χ0v) is 12.3. The van der Waals surface area contributed by atoms with Crippen molar-refractivity contribution >= 4 is 10.0 Å². The van der Waals surface area contributed by atoms with Crippen LogP contribution < -0.4 is 5.73 Å². The summed E-state index contributed by atoms with van der Waals surface area (Å²) in [5.41, 5.74) is 5.57. The largest absolute Gasteiger partial charge is 0.384 e. The van der Waals surface area contributed by atoms with Crippen molar-refractivity contribution in [1.29, 1.82) is 0 Å². The van der Waals surface area contributed by atoms with Crippen molar-refractivity contribution in [1.82, 2.24) is 4.31 Å². The van der Waals surface area contributed by atoms with Gasteiger partial charge in [0.15, 0.2) is 0 Å². The average Bonchev–Trinajstić information content (AvgIpc) is 2.41. The lowest BCUT2D eigenvalue weighted by Crippen LogP contribution is -2.54. The number of methoxy groups -OCH3 is 1. The first-order chi connectivity index (χ1) is 8.19. The molecule has 0 bridgehead atoms. The molecule has 0 spiro atoms. The van der Waals surface area contributed by atoms with E-state index in [0.717, 1.165) is 12.8 Å². The zero-order chi connectivity index (χ0) is 13.6. The van der Waals surface area contributed by atoms with Gasteiger partial charge in [-0.25, -0.2) is 8.42 Å². The highest BCUT2D eigenvalue weighted by Crippen LogP contribution is 2.43. The number of ether oxygens (including phenoxy) is 1. The highest BCUT2D eigenvalue weighted by Gasteiger charge is 2.53. The van der Waals surface area contributed by atoms with Crippen molar-refractivity contribution in [2.75, 3.05) is 32.6 Å². The van der Waals surface area contributed by atoms with Crippen molar-refractivity contribution < 1.29 is 13.2 Å². The number of nitrogens with two attached hydrogens (primary N) is 1. The Balaban J connectivity index is 2.04. The van der Waals surface area contributed by atoms with Gasteiger partial charge in [0.2, 0.25) is 10.0 Å². The summed E-state index contributed by atoms with van der Waals surface area (Å²) in [6.07, 6.45) is 2.01. The van der Waals surface area contributed by atoms with Crippen molar-refractivity contribution in [3.05, 3.63) is 0 Å². The van der Waals surface area contributed by atoms with Gasteiger partial charge in [0.1, 0.15) is 0 Å². The fourth-order valence-corrected chi connectivity index (χ4v) is 5.17. The molecule has 1 aliphatic heterocycles. The molecule has 18 heavy (non-hydrogen) atoms. The highest BCUT2D eigenvalue weighted by atomic mass is 32.2. The third kappa shape index (κ3) is 2.57. The maximum Gasteiger partial charge on any atom is 0.214 e. The summed E-state index contributed by atoms with van der Waals surface area (Å²) in [5, 5.41) is 0. The highest BCUT2D eigenvalue weighted by molar-refractivity contribution is 7.89. The van der Waals surface area contributed by atoms with Crippen molar-refractivity contribution in [3.8, 4) is 0 Å². The summed E-state index contributed by atoms with van der Waals surface area (Å²) < 4.78 is 31.5. The van der Waals surface area contributed by atoms with Gasteiger partial charge in [-0.2, -0.15) is 4.31 Å². The predicted molar refractivity (Wildman–Crippen MR) is 70.7 cm³/mol. The minimum atomic E-state index is -3.23. The van der Waals surface area contributed by atoms with Gasteiger partial charge >= 0.3 is 0 Å². The quantitative estimate of drug-likeness (QED) is 0.789. The third-order valence-corrected chi connectivity index (χ3v) is 6.38. The van der Waals surface area contributed by atoms with Gasteiger partial charge in [-0.15, -0.1) is 0 Å². The molecular formula is C12H24N2O3S. The molecule has 0 radical (unpaired) electrons. The first-order valence-electron chi connectivity index (χ1n) is 6.44. The number of hydrogen-bond donors (Lipinski definition) is 1. The Morgan fingerprint density at radius 1 is 1.50 bits per heavy atom. The van der Waals surface area contributed by atoms with Crippen LogP contribution in [0.5, 0.6) is 0 Å². The van der Waals surface area contributed by atoms with Crippen molar-refractivity contribution in [3.63, 3.8) is 0 Å². The molecule has 2 aliphatic rings. The standard InChI is InChI=1S/C12H24N2O3S/c1-11(2,8-17-3)9-18(15,16)14-6-10-4-5-12(10,13)7-14/h10H,4-9,13H2,1-3H3/t10-,12-/m0/s1. The van der Waals surface area contributed by atoms with Gasteiger partial charge in [-0.3, -0.25) is 0 Å². The van der Waals surface area contributed by atoms with Crippen LogP contribution >= 0.6 is 0 Å². The summed E-state index contributed by atoms with van der Waals surface area (Å²) in [6, 6.07) is 0. The van der Waals surface area contributed by atoms with E-state index >= 15 is 0 Å². The molecule has 2 fully saturated rings. The molecule has 0 unspecified atom stereocenters. The van der Waals surface area contributed by atoms with Gasteiger partial charge in [-0.1, -0.05) is 13.8 Å². The SMILES string of the molecule is COCC(C)(C)CS(=O)(=O)N1C[C@@H]2CC[C@]2(N)C1. The van der Waals surface area contributed by atoms with Crippen LogP contribution in [0.3, 0.4) is 0 Å². The molecule has 2 atom stereocenters. The first-order valence-corrected chi connectivity index (χ1v) is 8.05. The summed E-state index contributed by atoms with van der Waals surface area (Å²) in [6.45, 7) is 5.36. The van der Waals surface area contributed by atoms with Crippen molar-refractivity contribution in [2.24, 2.45) is 17.1 Å². The Kier molecular flexibility index (Phi) is 3.51. The number of rotatable bonds is 5. The number of fused-ring (bicyclic) bond motifs is 1. The predicted octanol–water partition coefficient (Wildman–Crippen LogP) is 0.412. The van der Waals surface area contributed by atoms with E-state index in [2.05, 4.69) is 0 Å². The summed E-state index contributed by atoms with van der Waals surface area (Å²) in [7, 11) is -1.63. The van der Waals surface area contributed by atoms with E-state index in [0.29, 0.717) is 25.6 Å². The fraction of sp³-hybridized carbons (Fsp3) is 1.00. The lowest BCUT2D eigenvalue weighted by Gasteiger charge is -2.40. The Labute approximate surface area is 110 Å². The molecule has 2 rings (SSSR count). The minimum Gasteiger partial charge on any atom is -0.384 e. The Hall–Kier alpha value is -0.170. The lowest BCUT2D eigenvalue weighted by molar-refractivity contribution is 0.117. The minimum absolute atomic E-state index is 0.122. The van der Waals surface area contributed by atoms with Crippen LogP contribution in [0, 0.1) is 11.3 Å². The Morgan fingerprint density at radius 3 is 2.56 bits per heavy atom. The molecule has 1 aliphatic carbocycles. The normalized spacial score (nSPS) is 33.2. The molecule has 1 saturated carbocycles. The number of nitrogens with zero attached hydrogens (tertiary/aromatic N) is 1. The second kappa shape index (κ2) is 4.44. The van der Waals surface area contributed by atoms with Gasteiger partial charge in [0.05, 0.1) is 12.4 Å². The second-order valence-corrected chi connectivity index (χ2v) is 8.58. The fourth-order valence-electron chi connectivity index (χ4n) is 3.07. The monoisotopic (exact) mass is 276 g/mol. The van der Waals surface area contributed by atoms with Gasteiger partial charge in [0.25, 0.3) is 0 Å². The first kappa shape index (κ1) is 14.2. The molecule has 0 aromatic carbocycles. The smallest absolute Gasteiger partial charge is 0.214 e. The summed E-state index contributed by atoms with van der Waals surface area (Å²) >= 11 is 0. The maximum absolute atomic E-state index is 12.4. The maximum atomic E-state index is 12.4. The molecule has 0 aromatic rings. The van der Waals surface area contributed by atoms with E-state index in [-0.39, 0.29) is 16.7 Å². The molecule has 1 saturated heterocycles. The molecule has 0 amide bonds. The second-order valence-electron chi connectivity index (χ2n) is 6.61. The lowest BCUT2D eigenvalue weighted by atomic mass is 9.70. The van der Waals surface area contributed by atoms with E-state index in [4.69, 9.17) is 10.5 Å². The molecule has 5 nitrogen and oxygen atoms in total. The van der Waals surface area contributed by atoms with Gasteiger partial charge < -0.3 is 10.5 Å². The number of hydrogen-bond acceptors (Lipinski definition) is 4. The van der Waals surface area contributed by atoms with Gasteiger partial charge in [0, 0.05) is 31.2 Å². The average molecular weight is 276 g/mol. The van der Waals surface area contributed by atoms with Gasteiger partial charge in [-0.05, 0) is 18.8 Å². The summed E-state index contributed by atoms with van der Waals surface area (Å²) in [4.78, 5) is 0. The molecular weight excluding hydrogens is 252 g/mol. The molecule has 1 heterocycles. The molecule has 0 aromatic heterocycles. The third-order valence-electron chi connectivity index (χ3n) is 4.17. The van der Waals surface area contributed by atoms with Crippen molar-refractivity contribution in [2.45, 2.75) is 32.2 Å². The topological polar surface area (TPSA) is 72.6 Å². The molecule has 2 N–H and O–H groups in total. The van der Waals surface area contributed by atoms with E-state index in [9.17, 15) is 8.42 Å². The van der Waals surface area contributed by atoms with Crippen LogP contribution in [0.15, 0.2) is 0 Å². The van der Waals surface area contributed by atoms with Crippen LogP contribution in [0.2, 0.25) is 0 Å². The Bertz CT molecular complexity index is 421. The zero-order valence-electron chi connectivity index (χ0n) is 11.5. The number of sulfonamides is 1. The van der Waals surface area contributed by atoms with E-state index in [1.54, 1.807) is 11.4 Å². The van der Waals surface area contributed by atoms with Crippen LogP contribution in [-0.2, 0) is 14.8 Å². The van der Waals surface area contributed by atoms with Crippen LogP contribution in [0.4, 0.5) is 0 Å². The van der Waals surface area contributed by atoms with E-state index in [1.165, 1.54) is 0 Å². The Morgan fingerprint density at radius 2 is 2.17 bits per heavy atom. The van der Waals surface area contributed by atoms with Crippen LogP contribution in [0.25, 0.3) is 0 Å². The molecule has 106 valence electrons. The summed E-state index contributed by atoms with van der Waals surface area (Å²) in [5.74, 6) is 0.481. The van der Waals surface area contributed by atoms with Crippen LogP contribution in [0.1, 0.15) is 26.7 Å². The molecule has 6 heteroatoms. The van der Waals surface area contributed by atoms with E-state index in [1.807, 2.05) is 13.8 Å². The van der Waals surface area contributed by atoms with Crippen LogP contribution in [-0.4, -0.2) is 50.8 Å². The van der Waals surface area contributed by atoms with E-state index < -0.39 is 10.0 Å².